The monoisotopic (exact) mass is 355 g/mol. The molecule has 0 fully saturated rings. The standard InChI is InChI=1S/C16H12Cl3NO2/c1-10-7-8-13(20-15(22)16(17,18)19)12(9-10)14(21)11-5-3-2-4-6-11/h2-9H,1H3,(H,20,22). The summed E-state index contributed by atoms with van der Waals surface area (Å²) < 4.78 is -2.10. The molecule has 22 heavy (non-hydrogen) atoms. The van der Waals surface area contributed by atoms with Crippen molar-refractivity contribution in [1.82, 2.24) is 0 Å². The van der Waals surface area contributed by atoms with Gasteiger partial charge in [-0.1, -0.05) is 76.8 Å². The number of nitrogens with one attached hydrogen (secondary N) is 1. The molecule has 0 heterocycles. The number of aryl methyl sites for hydroxylation is 1. The molecule has 1 amide bonds. The van der Waals surface area contributed by atoms with Crippen LogP contribution in [0.25, 0.3) is 0 Å². The van der Waals surface area contributed by atoms with Gasteiger partial charge in [0, 0.05) is 11.1 Å². The highest BCUT2D eigenvalue weighted by molar-refractivity contribution is 6.76. The Hall–Kier alpha value is -1.55. The van der Waals surface area contributed by atoms with Crippen molar-refractivity contribution in [1.29, 1.82) is 0 Å². The molecule has 0 aliphatic carbocycles. The molecular formula is C16H12Cl3NO2. The first kappa shape index (κ1) is 16.8. The zero-order valence-corrected chi connectivity index (χ0v) is 13.8. The van der Waals surface area contributed by atoms with Crippen LogP contribution in [0, 0.1) is 6.92 Å². The number of hydrogen-bond acceptors (Lipinski definition) is 2. The van der Waals surface area contributed by atoms with E-state index in [1.807, 2.05) is 13.0 Å². The fraction of sp³-hybridized carbons (Fsp3) is 0.125. The molecule has 2 rings (SSSR count). The Morgan fingerprint density at radius 3 is 2.23 bits per heavy atom. The van der Waals surface area contributed by atoms with E-state index >= 15 is 0 Å². The van der Waals surface area contributed by atoms with Crippen LogP contribution < -0.4 is 5.32 Å². The molecule has 2 aromatic carbocycles. The molecule has 6 heteroatoms. The van der Waals surface area contributed by atoms with E-state index in [1.54, 1.807) is 42.5 Å². The fourth-order valence-electron chi connectivity index (χ4n) is 1.89. The van der Waals surface area contributed by atoms with E-state index in [-0.39, 0.29) is 5.78 Å². The van der Waals surface area contributed by atoms with Crippen molar-refractivity contribution in [2.45, 2.75) is 10.7 Å². The smallest absolute Gasteiger partial charge is 0.276 e. The van der Waals surface area contributed by atoms with Gasteiger partial charge in [0.15, 0.2) is 5.78 Å². The van der Waals surface area contributed by atoms with Gasteiger partial charge in [0.1, 0.15) is 0 Å². The minimum atomic E-state index is -2.10. The summed E-state index contributed by atoms with van der Waals surface area (Å²) in [5, 5.41) is 2.47. The summed E-state index contributed by atoms with van der Waals surface area (Å²) in [6.45, 7) is 1.85. The first-order valence-corrected chi connectivity index (χ1v) is 7.51. The second-order valence-corrected chi connectivity index (χ2v) is 6.98. The summed E-state index contributed by atoms with van der Waals surface area (Å²) in [4.78, 5) is 24.4. The highest BCUT2D eigenvalue weighted by Gasteiger charge is 2.31. The molecule has 1 N–H and O–H groups in total. The highest BCUT2D eigenvalue weighted by Crippen LogP contribution is 2.29. The summed E-state index contributed by atoms with van der Waals surface area (Å²) in [7, 11) is 0. The number of ketones is 1. The minimum Gasteiger partial charge on any atom is -0.322 e. The van der Waals surface area contributed by atoms with Crippen LogP contribution in [0.1, 0.15) is 21.5 Å². The van der Waals surface area contributed by atoms with Gasteiger partial charge in [-0.25, -0.2) is 0 Å². The number of alkyl halides is 3. The third kappa shape index (κ3) is 4.01. The van der Waals surface area contributed by atoms with Gasteiger partial charge in [0.2, 0.25) is 0 Å². The van der Waals surface area contributed by atoms with E-state index in [2.05, 4.69) is 5.32 Å². The average molecular weight is 357 g/mol. The molecule has 0 spiro atoms. The van der Waals surface area contributed by atoms with Gasteiger partial charge in [-0.15, -0.1) is 0 Å². The number of carbonyl (C=O) groups is 2. The van der Waals surface area contributed by atoms with E-state index in [1.165, 1.54) is 0 Å². The van der Waals surface area contributed by atoms with Gasteiger partial charge >= 0.3 is 0 Å². The largest absolute Gasteiger partial charge is 0.322 e. The maximum Gasteiger partial charge on any atom is 0.276 e. The number of rotatable bonds is 3. The Morgan fingerprint density at radius 1 is 1.00 bits per heavy atom. The van der Waals surface area contributed by atoms with Crippen LogP contribution in [0.3, 0.4) is 0 Å². The minimum absolute atomic E-state index is 0.219. The number of halogens is 3. The van der Waals surface area contributed by atoms with E-state index < -0.39 is 9.70 Å². The highest BCUT2D eigenvalue weighted by atomic mass is 35.6. The lowest BCUT2D eigenvalue weighted by molar-refractivity contribution is -0.115. The van der Waals surface area contributed by atoms with E-state index in [0.717, 1.165) is 5.56 Å². The van der Waals surface area contributed by atoms with E-state index in [4.69, 9.17) is 34.8 Å². The summed E-state index contributed by atoms with van der Waals surface area (Å²) in [6, 6.07) is 13.8. The molecule has 0 bridgehead atoms. The van der Waals surface area contributed by atoms with Gasteiger partial charge in [0.05, 0.1) is 5.69 Å². The van der Waals surface area contributed by atoms with Crippen molar-refractivity contribution >= 4 is 52.2 Å². The topological polar surface area (TPSA) is 46.2 Å². The summed E-state index contributed by atoms with van der Waals surface area (Å²) in [5.41, 5.74) is 2.04. The summed E-state index contributed by atoms with van der Waals surface area (Å²) in [5.74, 6) is -1.03. The van der Waals surface area contributed by atoms with Crippen LogP contribution in [0.2, 0.25) is 0 Å². The van der Waals surface area contributed by atoms with Crippen molar-refractivity contribution in [3.8, 4) is 0 Å². The molecule has 0 saturated carbocycles. The Morgan fingerprint density at radius 2 is 1.64 bits per heavy atom. The molecular weight excluding hydrogens is 345 g/mol. The molecule has 0 aliphatic rings. The number of amides is 1. The summed E-state index contributed by atoms with van der Waals surface area (Å²) >= 11 is 16.6. The van der Waals surface area contributed by atoms with Crippen LogP contribution in [0.4, 0.5) is 5.69 Å². The van der Waals surface area contributed by atoms with Gasteiger partial charge in [0.25, 0.3) is 9.70 Å². The maximum absolute atomic E-state index is 12.6. The number of carbonyl (C=O) groups excluding carboxylic acids is 2. The van der Waals surface area contributed by atoms with Crippen molar-refractivity contribution < 1.29 is 9.59 Å². The lowest BCUT2D eigenvalue weighted by atomic mass is 10.00. The molecule has 0 aromatic heterocycles. The molecule has 3 nitrogen and oxygen atoms in total. The lowest BCUT2D eigenvalue weighted by Crippen LogP contribution is -2.27. The Labute approximate surface area is 143 Å². The molecule has 0 unspecified atom stereocenters. The average Bonchev–Trinajstić information content (AvgIpc) is 2.48. The number of hydrogen-bond donors (Lipinski definition) is 1. The van der Waals surface area contributed by atoms with E-state index in [0.29, 0.717) is 16.8 Å². The number of anilines is 1. The summed E-state index contributed by atoms with van der Waals surface area (Å²) in [6.07, 6.45) is 0. The third-order valence-electron chi connectivity index (χ3n) is 2.96. The molecule has 0 saturated heterocycles. The lowest BCUT2D eigenvalue weighted by Gasteiger charge is -2.15. The van der Waals surface area contributed by atoms with Gasteiger partial charge in [-0.3, -0.25) is 9.59 Å². The first-order valence-electron chi connectivity index (χ1n) is 6.37. The fourth-order valence-corrected chi connectivity index (χ4v) is 2.03. The Kier molecular flexibility index (Phi) is 5.12. The van der Waals surface area contributed by atoms with Crippen LogP contribution in [-0.4, -0.2) is 15.5 Å². The Balaban J connectivity index is 2.41. The van der Waals surface area contributed by atoms with Crippen molar-refractivity contribution in [2.75, 3.05) is 5.32 Å². The zero-order chi connectivity index (χ0) is 16.3. The normalized spacial score (nSPS) is 11.1. The van der Waals surface area contributed by atoms with Crippen LogP contribution in [0.5, 0.6) is 0 Å². The van der Waals surface area contributed by atoms with Crippen molar-refractivity contribution in [2.24, 2.45) is 0 Å². The predicted molar refractivity (Wildman–Crippen MR) is 90.0 cm³/mol. The first-order chi connectivity index (χ1) is 10.3. The SMILES string of the molecule is Cc1ccc(NC(=O)C(Cl)(Cl)Cl)c(C(=O)c2ccccc2)c1. The van der Waals surface area contributed by atoms with E-state index in [9.17, 15) is 9.59 Å². The molecule has 0 atom stereocenters. The molecule has 114 valence electrons. The zero-order valence-electron chi connectivity index (χ0n) is 11.6. The third-order valence-corrected chi connectivity index (χ3v) is 3.48. The molecule has 0 radical (unpaired) electrons. The second kappa shape index (κ2) is 6.69. The molecule has 0 aliphatic heterocycles. The predicted octanol–water partition coefficient (Wildman–Crippen LogP) is 4.53. The number of benzene rings is 2. The van der Waals surface area contributed by atoms with Crippen LogP contribution >= 0.6 is 34.8 Å². The maximum atomic E-state index is 12.6. The Bertz CT molecular complexity index is 709. The van der Waals surface area contributed by atoms with Gasteiger partial charge in [-0.2, -0.15) is 0 Å². The van der Waals surface area contributed by atoms with Gasteiger partial charge < -0.3 is 5.32 Å². The van der Waals surface area contributed by atoms with Gasteiger partial charge in [-0.05, 0) is 19.1 Å². The van der Waals surface area contributed by atoms with Crippen molar-refractivity contribution in [3.05, 3.63) is 65.2 Å². The second-order valence-electron chi connectivity index (χ2n) is 4.70. The molecule has 2 aromatic rings. The van der Waals surface area contributed by atoms with Crippen molar-refractivity contribution in [3.63, 3.8) is 0 Å². The van der Waals surface area contributed by atoms with Crippen LogP contribution in [0.15, 0.2) is 48.5 Å². The quantitative estimate of drug-likeness (QED) is 0.648. The van der Waals surface area contributed by atoms with Crippen LogP contribution in [-0.2, 0) is 4.79 Å².